The molecule has 4 aromatic rings. The molecule has 45 heavy (non-hydrogen) atoms. The predicted molar refractivity (Wildman–Crippen MR) is 176 cm³/mol. The largest absolute Gasteiger partial charge is 0.352 e. The quantitative estimate of drug-likeness (QED) is 0.168. The lowest BCUT2D eigenvalue weighted by Gasteiger charge is -2.34. The maximum absolute atomic E-state index is 14.4. The second kappa shape index (κ2) is 15.4. The van der Waals surface area contributed by atoms with E-state index in [-0.39, 0.29) is 39.6 Å². The van der Waals surface area contributed by atoms with Crippen LogP contribution < -0.4 is 9.62 Å². The fourth-order valence-corrected chi connectivity index (χ4v) is 6.39. The van der Waals surface area contributed by atoms with Gasteiger partial charge in [0.1, 0.15) is 18.4 Å². The van der Waals surface area contributed by atoms with Gasteiger partial charge in [0.25, 0.3) is 10.0 Å². The van der Waals surface area contributed by atoms with Crippen molar-refractivity contribution in [3.63, 3.8) is 0 Å². The highest BCUT2D eigenvalue weighted by Gasteiger charge is 2.35. The number of rotatable bonds is 13. The lowest BCUT2D eigenvalue weighted by Crippen LogP contribution is -2.54. The third-order valence-electron chi connectivity index (χ3n) is 7.34. The van der Waals surface area contributed by atoms with Crippen molar-refractivity contribution in [3.8, 4) is 0 Å². The van der Waals surface area contributed by atoms with Crippen LogP contribution in [0.3, 0.4) is 0 Å². The third kappa shape index (κ3) is 8.84. The fraction of sp³-hybridized carbons (Fsp3) is 0.235. The van der Waals surface area contributed by atoms with Crippen molar-refractivity contribution in [2.24, 2.45) is 0 Å². The number of nitrogens with zero attached hydrogens (tertiary/aromatic N) is 2. The zero-order valence-corrected chi connectivity index (χ0v) is 27.2. The van der Waals surface area contributed by atoms with Gasteiger partial charge in [-0.15, -0.1) is 0 Å². The van der Waals surface area contributed by atoms with E-state index in [1.54, 1.807) is 18.2 Å². The summed E-state index contributed by atoms with van der Waals surface area (Å²) in [4.78, 5) is 29.6. The van der Waals surface area contributed by atoms with Crippen LogP contribution in [0.2, 0.25) is 10.0 Å². The first kappa shape index (κ1) is 34.0. The van der Waals surface area contributed by atoms with Crippen LogP contribution >= 0.6 is 23.2 Å². The maximum atomic E-state index is 14.4. The molecule has 0 aliphatic heterocycles. The van der Waals surface area contributed by atoms with E-state index in [9.17, 15) is 22.4 Å². The molecular formula is C34H34Cl2FN3O4S. The molecule has 0 heterocycles. The smallest absolute Gasteiger partial charge is 0.264 e. The molecule has 0 radical (unpaired) electrons. The highest BCUT2D eigenvalue weighted by atomic mass is 35.5. The van der Waals surface area contributed by atoms with Crippen molar-refractivity contribution in [2.45, 2.75) is 50.2 Å². The van der Waals surface area contributed by atoms with E-state index < -0.39 is 40.2 Å². The summed E-state index contributed by atoms with van der Waals surface area (Å²) in [5, 5.41) is 3.30. The molecule has 0 fully saturated rings. The zero-order chi connectivity index (χ0) is 32.6. The van der Waals surface area contributed by atoms with E-state index in [0.29, 0.717) is 12.0 Å². The standard InChI is InChI=1S/C34H34Cl2FN3O4S/c1-3-24(2)38-34(42)32(20-25-10-6-4-7-11-25)39(22-26-14-16-27(37)17-15-26)33(41)23-40(28-18-19-30(35)31(36)21-28)45(43,44)29-12-8-5-9-13-29/h4-19,21,24,32H,3,20,22-23H2,1-2H3,(H,38,42). The molecule has 7 nitrogen and oxygen atoms in total. The Balaban J connectivity index is 1.81. The van der Waals surface area contributed by atoms with Crippen LogP contribution in [0.5, 0.6) is 0 Å². The molecule has 11 heteroatoms. The van der Waals surface area contributed by atoms with Crippen LogP contribution in [0.25, 0.3) is 0 Å². The van der Waals surface area contributed by atoms with Crippen molar-refractivity contribution in [3.05, 3.63) is 130 Å². The van der Waals surface area contributed by atoms with Gasteiger partial charge in [0, 0.05) is 19.0 Å². The number of benzene rings is 4. The molecule has 4 rings (SSSR count). The highest BCUT2D eigenvalue weighted by Crippen LogP contribution is 2.31. The first-order valence-electron chi connectivity index (χ1n) is 14.4. The van der Waals surface area contributed by atoms with Gasteiger partial charge in [0.2, 0.25) is 11.8 Å². The molecule has 2 atom stereocenters. The van der Waals surface area contributed by atoms with Crippen LogP contribution in [0.15, 0.2) is 108 Å². The summed E-state index contributed by atoms with van der Waals surface area (Å²) in [6.07, 6.45) is 0.824. The minimum atomic E-state index is -4.28. The fourth-order valence-electron chi connectivity index (χ4n) is 4.67. The number of carbonyl (C=O) groups is 2. The van der Waals surface area contributed by atoms with E-state index >= 15 is 0 Å². The van der Waals surface area contributed by atoms with Crippen LogP contribution in [0.4, 0.5) is 10.1 Å². The maximum Gasteiger partial charge on any atom is 0.264 e. The van der Waals surface area contributed by atoms with Crippen molar-refractivity contribution < 1.29 is 22.4 Å². The van der Waals surface area contributed by atoms with Gasteiger partial charge >= 0.3 is 0 Å². The van der Waals surface area contributed by atoms with Crippen molar-refractivity contribution >= 4 is 50.7 Å². The molecule has 0 aliphatic carbocycles. The van der Waals surface area contributed by atoms with Gasteiger partial charge in [0.15, 0.2) is 0 Å². The molecule has 0 saturated carbocycles. The van der Waals surface area contributed by atoms with Crippen LogP contribution in [0.1, 0.15) is 31.4 Å². The van der Waals surface area contributed by atoms with Gasteiger partial charge in [-0.1, -0.05) is 90.8 Å². The van der Waals surface area contributed by atoms with Crippen LogP contribution in [0, 0.1) is 5.82 Å². The molecule has 0 spiro atoms. The number of amides is 2. The lowest BCUT2D eigenvalue weighted by molar-refractivity contribution is -0.140. The van der Waals surface area contributed by atoms with Crippen molar-refractivity contribution in [2.75, 3.05) is 10.8 Å². The molecule has 4 aromatic carbocycles. The van der Waals surface area contributed by atoms with Gasteiger partial charge in [-0.25, -0.2) is 12.8 Å². The molecule has 0 bridgehead atoms. The monoisotopic (exact) mass is 669 g/mol. The second-order valence-electron chi connectivity index (χ2n) is 10.6. The van der Waals surface area contributed by atoms with Crippen molar-refractivity contribution in [1.82, 2.24) is 10.2 Å². The van der Waals surface area contributed by atoms with Gasteiger partial charge in [-0.3, -0.25) is 13.9 Å². The molecule has 0 aliphatic rings. The Labute approximate surface area is 273 Å². The highest BCUT2D eigenvalue weighted by molar-refractivity contribution is 7.92. The van der Waals surface area contributed by atoms with Gasteiger partial charge < -0.3 is 10.2 Å². The van der Waals surface area contributed by atoms with Gasteiger partial charge in [-0.05, 0) is 66.9 Å². The van der Waals surface area contributed by atoms with E-state index in [1.165, 1.54) is 59.5 Å². The minimum Gasteiger partial charge on any atom is -0.352 e. The summed E-state index contributed by atoms with van der Waals surface area (Å²) in [6.45, 7) is 3.06. The Morgan fingerprint density at radius 2 is 1.47 bits per heavy atom. The van der Waals surface area contributed by atoms with Crippen LogP contribution in [-0.4, -0.2) is 43.8 Å². The number of anilines is 1. The Morgan fingerprint density at radius 1 is 0.844 bits per heavy atom. The summed E-state index contributed by atoms with van der Waals surface area (Å²) < 4.78 is 42.8. The molecule has 0 aromatic heterocycles. The Bertz CT molecular complexity index is 1710. The Morgan fingerprint density at radius 3 is 2.07 bits per heavy atom. The molecular weight excluding hydrogens is 636 g/mol. The summed E-state index contributed by atoms with van der Waals surface area (Å²) in [7, 11) is -4.28. The molecule has 2 amide bonds. The average Bonchev–Trinajstić information content (AvgIpc) is 3.04. The molecule has 1 N–H and O–H groups in total. The molecule has 2 unspecified atom stereocenters. The predicted octanol–water partition coefficient (Wildman–Crippen LogP) is 6.88. The van der Waals surface area contributed by atoms with E-state index in [2.05, 4.69) is 5.32 Å². The number of carbonyl (C=O) groups excluding carboxylic acids is 2. The lowest BCUT2D eigenvalue weighted by atomic mass is 10.0. The van der Waals surface area contributed by atoms with Gasteiger partial charge in [-0.2, -0.15) is 0 Å². The average molecular weight is 671 g/mol. The normalized spacial score (nSPS) is 12.6. The third-order valence-corrected chi connectivity index (χ3v) is 9.87. The summed E-state index contributed by atoms with van der Waals surface area (Å²) in [5.74, 6) is -1.49. The van der Waals surface area contributed by atoms with Gasteiger partial charge in [0.05, 0.1) is 20.6 Å². The molecule has 0 saturated heterocycles. The second-order valence-corrected chi connectivity index (χ2v) is 13.3. The summed E-state index contributed by atoms with van der Waals surface area (Å²) in [6, 6.07) is 25.6. The topological polar surface area (TPSA) is 86.8 Å². The summed E-state index contributed by atoms with van der Waals surface area (Å²) in [5.41, 5.74) is 1.48. The first-order chi connectivity index (χ1) is 21.5. The Kier molecular flexibility index (Phi) is 11.6. The number of hydrogen-bond acceptors (Lipinski definition) is 4. The minimum absolute atomic E-state index is 0.0377. The van der Waals surface area contributed by atoms with Crippen molar-refractivity contribution in [1.29, 1.82) is 0 Å². The number of sulfonamides is 1. The first-order valence-corrected chi connectivity index (χ1v) is 16.6. The summed E-state index contributed by atoms with van der Waals surface area (Å²) >= 11 is 12.4. The van der Waals surface area contributed by atoms with E-state index in [0.717, 1.165) is 9.87 Å². The number of hydrogen-bond donors (Lipinski definition) is 1. The van der Waals surface area contributed by atoms with E-state index in [1.807, 2.05) is 44.2 Å². The SMILES string of the molecule is CCC(C)NC(=O)C(Cc1ccccc1)N(Cc1ccc(F)cc1)C(=O)CN(c1ccc(Cl)c(Cl)c1)S(=O)(=O)c1ccccc1. The number of nitrogens with one attached hydrogen (secondary N) is 1. The van der Waals surface area contributed by atoms with E-state index in [4.69, 9.17) is 23.2 Å². The molecule has 236 valence electrons. The zero-order valence-electron chi connectivity index (χ0n) is 24.9. The van der Waals surface area contributed by atoms with Crippen LogP contribution in [-0.2, 0) is 32.6 Å². The number of halogens is 3. The Hall–Kier alpha value is -3.92.